The fourth-order valence-electron chi connectivity index (χ4n) is 2.00. The van der Waals surface area contributed by atoms with E-state index in [0.717, 1.165) is 13.0 Å². The number of aliphatic imine (C=N–C) groups is 1. The first kappa shape index (κ1) is 23.9. The van der Waals surface area contributed by atoms with Gasteiger partial charge in [0.25, 0.3) is 0 Å². The zero-order valence-electron chi connectivity index (χ0n) is 15.3. The van der Waals surface area contributed by atoms with Crippen molar-refractivity contribution in [1.82, 2.24) is 10.6 Å². The molecule has 2 N–H and O–H groups in total. The third kappa shape index (κ3) is 8.30. The first-order valence-electron chi connectivity index (χ1n) is 8.04. The molecular weight excluding hydrogens is 445 g/mol. The van der Waals surface area contributed by atoms with E-state index in [1.54, 1.807) is 27.8 Å². The van der Waals surface area contributed by atoms with E-state index >= 15 is 0 Å². The lowest BCUT2D eigenvalue weighted by atomic mass is 10.3. The molecule has 0 bridgehead atoms. The summed E-state index contributed by atoms with van der Waals surface area (Å²) >= 11 is 0. The van der Waals surface area contributed by atoms with Gasteiger partial charge in [0.15, 0.2) is 15.8 Å². The van der Waals surface area contributed by atoms with Gasteiger partial charge in [0, 0.05) is 26.2 Å². The van der Waals surface area contributed by atoms with Crippen molar-refractivity contribution >= 4 is 39.8 Å². The second-order valence-corrected chi connectivity index (χ2v) is 9.66. The van der Waals surface area contributed by atoms with Crippen LogP contribution in [0.3, 0.4) is 0 Å². The number of nitrogens with zero attached hydrogens (tertiary/aromatic N) is 1. The predicted octanol–water partition coefficient (Wildman–Crippen LogP) is 1.18. The van der Waals surface area contributed by atoms with Gasteiger partial charge in [-0.3, -0.25) is 4.99 Å². The van der Waals surface area contributed by atoms with Crippen molar-refractivity contribution in [2.45, 2.75) is 51.0 Å². The molecule has 1 heterocycles. The lowest BCUT2D eigenvalue weighted by Crippen LogP contribution is -2.46. The van der Waals surface area contributed by atoms with Crippen LogP contribution in [0.1, 0.15) is 34.1 Å². The number of nitrogens with one attached hydrogen (secondary N) is 2. The fraction of sp³-hybridized carbons (Fsp3) is 0.933. The Hall–Kier alpha value is -0.130. The molecule has 24 heavy (non-hydrogen) atoms. The Morgan fingerprint density at radius 3 is 2.58 bits per heavy atom. The molecule has 0 saturated carbocycles. The van der Waals surface area contributed by atoms with Gasteiger partial charge >= 0.3 is 0 Å². The molecule has 7 nitrogen and oxygen atoms in total. The van der Waals surface area contributed by atoms with Gasteiger partial charge in [0.1, 0.15) is 0 Å². The number of halogens is 1. The molecule has 0 amide bonds. The highest BCUT2D eigenvalue weighted by molar-refractivity contribution is 14.0. The van der Waals surface area contributed by atoms with Gasteiger partial charge in [-0.25, -0.2) is 8.42 Å². The Morgan fingerprint density at radius 1 is 1.42 bits per heavy atom. The summed E-state index contributed by atoms with van der Waals surface area (Å²) in [6.45, 7) is 9.42. The lowest BCUT2D eigenvalue weighted by molar-refractivity contribution is 0.0348. The largest absolute Gasteiger partial charge is 0.379 e. The van der Waals surface area contributed by atoms with E-state index in [2.05, 4.69) is 15.6 Å². The smallest absolute Gasteiger partial charge is 0.191 e. The maximum absolute atomic E-state index is 12.1. The standard InChI is InChI=1S/C15H31N3O4S.HI/c1-12(10-22-13-6-8-21-11-13)18-14(16-5)17-7-9-23(19,20)15(2,3)4;/h12-13H,6-11H2,1-5H3,(H2,16,17,18);1H. The summed E-state index contributed by atoms with van der Waals surface area (Å²) in [4.78, 5) is 4.11. The highest BCUT2D eigenvalue weighted by Gasteiger charge is 2.28. The minimum atomic E-state index is -3.14. The van der Waals surface area contributed by atoms with Crippen LogP contribution in [-0.4, -0.2) is 70.4 Å². The summed E-state index contributed by atoms with van der Waals surface area (Å²) in [5.41, 5.74) is 0. The molecule has 0 aromatic carbocycles. The summed E-state index contributed by atoms with van der Waals surface area (Å²) in [6, 6.07) is 0.0704. The van der Waals surface area contributed by atoms with Crippen LogP contribution in [0.5, 0.6) is 0 Å². The normalized spacial score (nSPS) is 20.4. The molecule has 1 aliphatic heterocycles. The van der Waals surface area contributed by atoms with Gasteiger partial charge in [-0.05, 0) is 34.1 Å². The Morgan fingerprint density at radius 2 is 2.08 bits per heavy atom. The van der Waals surface area contributed by atoms with Crippen LogP contribution in [0.25, 0.3) is 0 Å². The quantitative estimate of drug-likeness (QED) is 0.325. The highest BCUT2D eigenvalue weighted by atomic mass is 127. The van der Waals surface area contributed by atoms with Crippen molar-refractivity contribution in [2.24, 2.45) is 4.99 Å². The van der Waals surface area contributed by atoms with Gasteiger partial charge < -0.3 is 20.1 Å². The molecule has 2 unspecified atom stereocenters. The Kier molecular flexibility index (Phi) is 10.7. The Labute approximate surface area is 163 Å². The van der Waals surface area contributed by atoms with Crippen LogP contribution < -0.4 is 10.6 Å². The predicted molar refractivity (Wildman–Crippen MR) is 108 cm³/mol. The first-order valence-corrected chi connectivity index (χ1v) is 9.70. The van der Waals surface area contributed by atoms with Crippen molar-refractivity contribution in [2.75, 3.05) is 39.2 Å². The minimum absolute atomic E-state index is 0. The maximum Gasteiger partial charge on any atom is 0.191 e. The zero-order chi connectivity index (χ0) is 17.5. The van der Waals surface area contributed by atoms with Crippen LogP contribution in [0, 0.1) is 0 Å². The van der Waals surface area contributed by atoms with E-state index in [1.165, 1.54) is 0 Å². The molecule has 1 fully saturated rings. The van der Waals surface area contributed by atoms with E-state index in [0.29, 0.717) is 25.7 Å². The van der Waals surface area contributed by atoms with Crippen molar-refractivity contribution in [3.05, 3.63) is 0 Å². The van der Waals surface area contributed by atoms with Gasteiger partial charge in [-0.15, -0.1) is 24.0 Å². The van der Waals surface area contributed by atoms with Crippen LogP contribution >= 0.6 is 24.0 Å². The van der Waals surface area contributed by atoms with Gasteiger partial charge in [0.2, 0.25) is 0 Å². The van der Waals surface area contributed by atoms with E-state index in [9.17, 15) is 8.42 Å². The maximum atomic E-state index is 12.1. The van der Waals surface area contributed by atoms with Crippen molar-refractivity contribution in [1.29, 1.82) is 0 Å². The number of sulfone groups is 1. The molecule has 0 radical (unpaired) electrons. The van der Waals surface area contributed by atoms with Gasteiger partial charge in [-0.2, -0.15) is 0 Å². The summed E-state index contributed by atoms with van der Waals surface area (Å²) in [7, 11) is -1.48. The third-order valence-electron chi connectivity index (χ3n) is 3.67. The summed E-state index contributed by atoms with van der Waals surface area (Å²) in [5, 5.41) is 6.23. The molecule has 2 atom stereocenters. The summed E-state index contributed by atoms with van der Waals surface area (Å²) in [5.74, 6) is 0.648. The molecule has 144 valence electrons. The SMILES string of the molecule is CN=C(NCCS(=O)(=O)C(C)(C)C)NC(C)COC1CCOC1.I. The molecule has 0 aromatic heterocycles. The van der Waals surface area contributed by atoms with Crippen molar-refractivity contribution in [3.63, 3.8) is 0 Å². The average molecular weight is 477 g/mol. The average Bonchev–Trinajstić information content (AvgIpc) is 2.96. The number of hydrogen-bond donors (Lipinski definition) is 2. The summed E-state index contributed by atoms with van der Waals surface area (Å²) < 4.78 is 34.4. The van der Waals surface area contributed by atoms with Crippen LogP contribution in [0.15, 0.2) is 4.99 Å². The molecule has 1 aliphatic rings. The van der Waals surface area contributed by atoms with Crippen LogP contribution in [0.2, 0.25) is 0 Å². The van der Waals surface area contributed by atoms with Crippen molar-refractivity contribution in [3.8, 4) is 0 Å². The topological polar surface area (TPSA) is 89.0 Å². The van der Waals surface area contributed by atoms with Crippen molar-refractivity contribution < 1.29 is 17.9 Å². The van der Waals surface area contributed by atoms with E-state index < -0.39 is 14.6 Å². The van der Waals surface area contributed by atoms with E-state index in [-0.39, 0.29) is 41.9 Å². The molecule has 1 saturated heterocycles. The van der Waals surface area contributed by atoms with Crippen LogP contribution in [0.4, 0.5) is 0 Å². The molecule has 0 aromatic rings. The number of hydrogen-bond acceptors (Lipinski definition) is 5. The van der Waals surface area contributed by atoms with Gasteiger partial charge in [-0.1, -0.05) is 0 Å². The van der Waals surface area contributed by atoms with Gasteiger partial charge in [0.05, 0.1) is 29.8 Å². The number of rotatable bonds is 7. The molecular formula is C15H32IN3O4S. The third-order valence-corrected chi connectivity index (χ3v) is 6.28. The molecule has 9 heteroatoms. The fourth-order valence-corrected chi connectivity index (χ4v) is 2.99. The number of ether oxygens (including phenoxy) is 2. The second-order valence-electron chi connectivity index (χ2n) is 6.79. The molecule has 1 rings (SSSR count). The summed E-state index contributed by atoms with van der Waals surface area (Å²) in [6.07, 6.45) is 1.11. The lowest BCUT2D eigenvalue weighted by Gasteiger charge is -2.21. The number of guanidine groups is 1. The molecule has 0 aliphatic carbocycles. The first-order chi connectivity index (χ1) is 10.7. The van der Waals surface area contributed by atoms with E-state index in [1.807, 2.05) is 6.92 Å². The monoisotopic (exact) mass is 477 g/mol. The zero-order valence-corrected chi connectivity index (χ0v) is 18.4. The minimum Gasteiger partial charge on any atom is -0.379 e. The Bertz CT molecular complexity index is 485. The van der Waals surface area contributed by atoms with Crippen LogP contribution in [-0.2, 0) is 19.3 Å². The Balaban J connectivity index is 0.00000529. The second kappa shape index (κ2) is 10.8. The highest BCUT2D eigenvalue weighted by Crippen LogP contribution is 2.15. The molecule has 0 spiro atoms. The van der Waals surface area contributed by atoms with E-state index in [4.69, 9.17) is 9.47 Å².